The lowest BCUT2D eigenvalue weighted by molar-refractivity contribution is -0.403. The topological polar surface area (TPSA) is 143 Å². The minimum Gasteiger partial charge on any atom is -0.361 e. The summed E-state index contributed by atoms with van der Waals surface area (Å²) in [5.41, 5.74) is 2.48. The fourth-order valence-electron chi connectivity index (χ4n) is 4.92. The minimum absolute atomic E-state index is 0.356. The van der Waals surface area contributed by atoms with E-state index in [1.165, 1.54) is 71.7 Å². The minimum atomic E-state index is -4.86. The van der Waals surface area contributed by atoms with Gasteiger partial charge in [0, 0.05) is 34.3 Å². The zero-order chi connectivity index (χ0) is 32.9. The Bertz CT molecular complexity index is 1770. The van der Waals surface area contributed by atoms with Crippen molar-refractivity contribution in [2.75, 3.05) is 52.0 Å². The molecule has 0 spiro atoms. The highest BCUT2D eigenvalue weighted by Crippen LogP contribution is 2.42. The van der Waals surface area contributed by atoms with E-state index in [0.29, 0.717) is 52.0 Å². The molecular weight excluding hydrogens is 717 g/mol. The summed E-state index contributed by atoms with van der Waals surface area (Å²) in [5.74, 6) is 1.86. The molecule has 0 atom stereocenters. The van der Waals surface area contributed by atoms with Crippen LogP contribution in [-0.2, 0) is 43.2 Å². The average molecular weight is 747 g/mol. The molecule has 0 amide bonds. The summed E-state index contributed by atoms with van der Waals surface area (Å²) in [6, 6.07) is 12.7. The van der Waals surface area contributed by atoms with Crippen molar-refractivity contribution in [3.05, 3.63) is 54.6 Å². The van der Waals surface area contributed by atoms with Gasteiger partial charge in [-0.15, -0.1) is 48.1 Å². The van der Waals surface area contributed by atoms with Gasteiger partial charge in [0.1, 0.15) is 5.39 Å². The van der Waals surface area contributed by atoms with Gasteiger partial charge in [-0.1, -0.05) is 0 Å². The van der Waals surface area contributed by atoms with Crippen LogP contribution in [0.3, 0.4) is 0 Å². The lowest BCUT2D eigenvalue weighted by Crippen LogP contribution is -2.33. The molecule has 0 aromatic heterocycles. The molecule has 3 aromatic carbocycles. The van der Waals surface area contributed by atoms with Crippen LogP contribution < -0.4 is 14.7 Å². The van der Waals surface area contributed by atoms with Gasteiger partial charge in [0.25, 0.3) is 0 Å². The highest BCUT2D eigenvalue weighted by atomic mass is 32.2. The quantitative estimate of drug-likeness (QED) is 0.231. The lowest BCUT2D eigenvalue weighted by Gasteiger charge is -2.19. The maximum absolute atomic E-state index is 13.4. The summed E-state index contributed by atoms with van der Waals surface area (Å²) < 4.78 is 95.5. The van der Waals surface area contributed by atoms with Gasteiger partial charge in [0.15, 0.2) is 0 Å². The Morgan fingerprint density at radius 1 is 0.543 bits per heavy atom. The van der Waals surface area contributed by atoms with E-state index in [1.807, 2.05) is 35.5 Å². The first kappa shape index (κ1) is 33.7. The Hall–Kier alpha value is -2.20. The van der Waals surface area contributed by atoms with Gasteiger partial charge in [0.05, 0.1) is 49.4 Å². The molecule has 0 saturated carbocycles. The molecule has 0 bridgehead atoms. The number of nitrogens with zero attached hydrogens (tertiary/aromatic N) is 4. The molecule has 13 nitrogen and oxygen atoms in total. The van der Waals surface area contributed by atoms with Gasteiger partial charge in [-0.3, -0.25) is 0 Å². The van der Waals surface area contributed by atoms with Gasteiger partial charge < -0.3 is 14.7 Å². The number of rotatable bonds is 12. The zero-order valence-corrected chi connectivity index (χ0v) is 29.8. The number of anilines is 3. The van der Waals surface area contributed by atoms with E-state index in [2.05, 4.69) is 0 Å². The van der Waals surface area contributed by atoms with Crippen LogP contribution in [0.25, 0.3) is 0 Å². The summed E-state index contributed by atoms with van der Waals surface area (Å²) >= 11 is 4.24. The Balaban J connectivity index is 1.32. The number of benzene rings is 3. The van der Waals surface area contributed by atoms with E-state index in [9.17, 15) is 25.3 Å². The van der Waals surface area contributed by atoms with Crippen molar-refractivity contribution in [1.82, 2.24) is 5.39 Å². The fraction of sp³-hybridized carbons (Fsp3) is 0.333. The number of fused-ring (bicyclic) bond motifs is 3. The van der Waals surface area contributed by atoms with Crippen LogP contribution in [0.4, 0.5) is 17.1 Å². The fourth-order valence-corrected chi connectivity index (χ4v) is 11.2. The SMILES string of the molecule is CCN1CSc2cc(S(=O)(=O)ON(OS(=O)(=O)c3ccc4c(c3)SCN4CC)OS(=O)(=O)c3ccc4c(c3)SCN4CC)ccc21. The Morgan fingerprint density at radius 2 is 0.826 bits per heavy atom. The van der Waals surface area contributed by atoms with Crippen molar-refractivity contribution in [2.45, 2.75) is 50.1 Å². The third-order valence-corrected chi connectivity index (χ3v) is 14.1. The second-order valence-electron chi connectivity index (χ2n) is 10.1. The molecule has 46 heavy (non-hydrogen) atoms. The smallest absolute Gasteiger partial charge is 0.316 e. The molecular formula is C27H30N4O9S6. The molecule has 0 radical (unpaired) electrons. The van der Waals surface area contributed by atoms with Gasteiger partial charge >= 0.3 is 30.4 Å². The molecule has 19 heteroatoms. The summed E-state index contributed by atoms with van der Waals surface area (Å²) in [6.45, 7) is 8.04. The van der Waals surface area contributed by atoms with E-state index < -0.39 is 35.7 Å². The molecule has 3 aliphatic heterocycles. The highest BCUT2D eigenvalue weighted by molar-refractivity contribution is 8.00. The van der Waals surface area contributed by atoms with Crippen molar-refractivity contribution >= 4 is 82.7 Å². The first-order valence-electron chi connectivity index (χ1n) is 14.0. The normalized spacial score (nSPS) is 16.3. The first-order valence-corrected chi connectivity index (χ1v) is 21.2. The number of hydrogen-bond acceptors (Lipinski definition) is 16. The van der Waals surface area contributed by atoms with Crippen molar-refractivity contribution in [2.24, 2.45) is 0 Å². The van der Waals surface area contributed by atoms with Crippen LogP contribution in [0.2, 0.25) is 0 Å². The average Bonchev–Trinajstić information content (AvgIpc) is 3.75. The van der Waals surface area contributed by atoms with Crippen LogP contribution >= 0.6 is 35.3 Å². The van der Waals surface area contributed by atoms with Crippen LogP contribution in [0, 0.1) is 0 Å². The molecule has 0 unspecified atom stereocenters. The molecule has 0 fully saturated rings. The van der Waals surface area contributed by atoms with E-state index in [4.69, 9.17) is 12.9 Å². The van der Waals surface area contributed by atoms with E-state index in [0.717, 1.165) is 17.1 Å². The number of thioether (sulfide) groups is 3. The van der Waals surface area contributed by atoms with Crippen LogP contribution in [0.15, 0.2) is 84.0 Å². The summed E-state index contributed by atoms with van der Waals surface area (Å²) in [4.78, 5) is 7.04. The second kappa shape index (κ2) is 13.0. The highest BCUT2D eigenvalue weighted by Gasteiger charge is 2.35. The van der Waals surface area contributed by atoms with E-state index in [1.54, 1.807) is 18.2 Å². The molecule has 0 N–H and O–H groups in total. The predicted octanol–water partition coefficient (Wildman–Crippen LogP) is 4.92. The maximum Gasteiger partial charge on any atom is 0.316 e. The van der Waals surface area contributed by atoms with Gasteiger partial charge in [-0.25, -0.2) is 0 Å². The Labute approximate surface area is 281 Å². The zero-order valence-electron chi connectivity index (χ0n) is 24.9. The van der Waals surface area contributed by atoms with Crippen LogP contribution in [0.1, 0.15) is 20.8 Å². The third-order valence-electron chi connectivity index (χ3n) is 7.43. The first-order chi connectivity index (χ1) is 21.8. The van der Waals surface area contributed by atoms with Crippen molar-refractivity contribution < 1.29 is 38.1 Å². The predicted molar refractivity (Wildman–Crippen MR) is 177 cm³/mol. The molecule has 3 aromatic rings. The van der Waals surface area contributed by atoms with Crippen LogP contribution in [-0.4, -0.2) is 67.9 Å². The van der Waals surface area contributed by atoms with E-state index in [-0.39, 0.29) is 14.7 Å². The molecule has 3 heterocycles. The summed E-state index contributed by atoms with van der Waals surface area (Å²) in [6.07, 6.45) is 0. The lowest BCUT2D eigenvalue weighted by atomic mass is 10.3. The van der Waals surface area contributed by atoms with Crippen molar-refractivity contribution in [1.29, 1.82) is 0 Å². The van der Waals surface area contributed by atoms with Gasteiger partial charge in [-0.2, -0.15) is 25.3 Å². The largest absolute Gasteiger partial charge is 0.361 e. The second-order valence-corrected chi connectivity index (χ2v) is 17.6. The Kier molecular flexibility index (Phi) is 9.53. The standard InChI is InChI=1S/C27H30N4O9S6/c1-4-28-16-41-25-13-19(7-10-22(25)28)44(32,33)38-31(39-45(34,35)20-8-11-23-26(14-20)42-17-29(23)5-2)40-46(36,37)21-9-12-24-27(15-21)43-18-30(24)6-3/h7-15H,4-6,16-18H2,1-3H3. The van der Waals surface area contributed by atoms with Crippen LogP contribution in [0.5, 0.6) is 0 Å². The molecule has 0 aliphatic carbocycles. The van der Waals surface area contributed by atoms with E-state index >= 15 is 0 Å². The monoisotopic (exact) mass is 746 g/mol. The third kappa shape index (κ3) is 6.58. The number of hydrogen-bond donors (Lipinski definition) is 0. The van der Waals surface area contributed by atoms with Gasteiger partial charge in [0.2, 0.25) is 0 Å². The summed E-state index contributed by atoms with van der Waals surface area (Å²) in [5, 5.41) is -0.476. The molecule has 6 rings (SSSR count). The Morgan fingerprint density at radius 3 is 1.09 bits per heavy atom. The molecule has 0 saturated heterocycles. The van der Waals surface area contributed by atoms with Crippen molar-refractivity contribution in [3.63, 3.8) is 0 Å². The maximum atomic E-state index is 13.4. The van der Waals surface area contributed by atoms with Crippen molar-refractivity contribution in [3.8, 4) is 0 Å². The molecule has 3 aliphatic rings. The van der Waals surface area contributed by atoms with Gasteiger partial charge in [-0.05, 0) is 75.4 Å². The summed E-state index contributed by atoms with van der Waals surface area (Å²) in [7, 11) is -14.6. The molecule has 248 valence electrons.